The summed E-state index contributed by atoms with van der Waals surface area (Å²) < 4.78 is 9.98. The second kappa shape index (κ2) is 7.34. The highest BCUT2D eigenvalue weighted by atomic mass is 16.5. The summed E-state index contributed by atoms with van der Waals surface area (Å²) in [6.07, 6.45) is 0. The van der Waals surface area contributed by atoms with Crippen molar-refractivity contribution in [3.05, 3.63) is 64.7 Å². The van der Waals surface area contributed by atoms with Crippen molar-refractivity contribution in [2.24, 2.45) is 0 Å². The zero-order valence-corrected chi connectivity index (χ0v) is 16.2. The summed E-state index contributed by atoms with van der Waals surface area (Å²) in [6.45, 7) is 3.61. The van der Waals surface area contributed by atoms with Crippen LogP contribution in [0.1, 0.15) is 34.0 Å². The van der Waals surface area contributed by atoms with E-state index in [1.54, 1.807) is 50.4 Å². The van der Waals surface area contributed by atoms with Crippen molar-refractivity contribution in [3.8, 4) is 5.75 Å². The van der Waals surface area contributed by atoms with E-state index in [-0.39, 0.29) is 12.5 Å². The fourth-order valence-electron chi connectivity index (χ4n) is 3.32. The Labute approximate surface area is 163 Å². The number of amides is 3. The number of hydrogen-bond acceptors (Lipinski definition) is 5. The predicted molar refractivity (Wildman–Crippen MR) is 102 cm³/mol. The lowest BCUT2D eigenvalue weighted by atomic mass is 9.90. The smallest absolute Gasteiger partial charge is 0.337 e. The molecule has 0 saturated carbocycles. The molecule has 28 heavy (non-hydrogen) atoms. The number of benzene rings is 2. The molecule has 7 nitrogen and oxygen atoms in total. The molecule has 1 N–H and O–H groups in total. The molecule has 0 bridgehead atoms. The first kappa shape index (κ1) is 19.4. The average Bonchev–Trinajstić information content (AvgIpc) is 2.91. The molecule has 1 unspecified atom stereocenters. The largest absolute Gasteiger partial charge is 0.496 e. The van der Waals surface area contributed by atoms with Gasteiger partial charge < -0.3 is 14.8 Å². The maximum absolute atomic E-state index is 13.1. The summed E-state index contributed by atoms with van der Waals surface area (Å²) in [5.41, 5.74) is 1.39. The van der Waals surface area contributed by atoms with Gasteiger partial charge in [0.2, 0.25) is 0 Å². The Kier molecular flexibility index (Phi) is 5.09. The summed E-state index contributed by atoms with van der Waals surface area (Å²) >= 11 is 0. The number of nitrogens with one attached hydrogen (secondary N) is 1. The highest BCUT2D eigenvalue weighted by Crippen LogP contribution is 2.32. The molecule has 146 valence electrons. The molecule has 7 heteroatoms. The summed E-state index contributed by atoms with van der Waals surface area (Å²) in [4.78, 5) is 38.5. The number of rotatable bonds is 5. The number of methoxy groups -OCH3 is 2. The minimum absolute atomic E-state index is 0.0558. The number of hydrogen-bond donors (Lipinski definition) is 1. The topological polar surface area (TPSA) is 84.9 Å². The van der Waals surface area contributed by atoms with E-state index in [4.69, 9.17) is 9.47 Å². The highest BCUT2D eigenvalue weighted by molar-refractivity contribution is 6.07. The van der Waals surface area contributed by atoms with Crippen molar-refractivity contribution >= 4 is 17.9 Å². The number of carbonyl (C=O) groups excluding carboxylic acids is 3. The maximum Gasteiger partial charge on any atom is 0.337 e. The third-order valence-corrected chi connectivity index (χ3v) is 4.94. The van der Waals surface area contributed by atoms with Crippen molar-refractivity contribution < 1.29 is 23.9 Å². The van der Waals surface area contributed by atoms with Gasteiger partial charge in [0.05, 0.1) is 26.3 Å². The minimum atomic E-state index is -1.17. The van der Waals surface area contributed by atoms with Crippen molar-refractivity contribution in [1.29, 1.82) is 0 Å². The molecule has 0 spiro atoms. The van der Waals surface area contributed by atoms with Gasteiger partial charge in [-0.1, -0.05) is 18.2 Å². The van der Waals surface area contributed by atoms with Crippen LogP contribution in [0.2, 0.25) is 0 Å². The first-order valence-electron chi connectivity index (χ1n) is 8.76. The number of urea groups is 1. The molecule has 0 aliphatic carbocycles. The van der Waals surface area contributed by atoms with Gasteiger partial charge in [0.1, 0.15) is 11.3 Å². The first-order valence-corrected chi connectivity index (χ1v) is 8.76. The predicted octanol–water partition coefficient (Wildman–Crippen LogP) is 2.76. The van der Waals surface area contributed by atoms with E-state index in [9.17, 15) is 14.4 Å². The molecule has 1 fully saturated rings. The molecule has 1 atom stereocenters. The number of aryl methyl sites for hydroxylation is 1. The SMILES string of the molecule is COC(=O)c1cccc(CN2C(=O)NC(C)(c3ccc(OC)c(C)c3)C2=O)c1. The van der Waals surface area contributed by atoms with Gasteiger partial charge in [-0.2, -0.15) is 0 Å². The van der Waals surface area contributed by atoms with Gasteiger partial charge in [-0.25, -0.2) is 9.59 Å². The van der Waals surface area contributed by atoms with Crippen LogP contribution in [0.15, 0.2) is 42.5 Å². The van der Waals surface area contributed by atoms with Crippen molar-refractivity contribution in [2.45, 2.75) is 25.9 Å². The third kappa shape index (κ3) is 3.31. The second-order valence-corrected chi connectivity index (χ2v) is 6.82. The van der Waals surface area contributed by atoms with Crippen LogP contribution in [0.3, 0.4) is 0 Å². The summed E-state index contributed by atoms with van der Waals surface area (Å²) in [6, 6.07) is 11.6. The zero-order valence-electron chi connectivity index (χ0n) is 16.2. The van der Waals surface area contributed by atoms with Gasteiger partial charge in [-0.3, -0.25) is 9.69 Å². The van der Waals surface area contributed by atoms with Crippen LogP contribution in [0.5, 0.6) is 5.75 Å². The lowest BCUT2D eigenvalue weighted by Crippen LogP contribution is -2.40. The molecule has 0 radical (unpaired) electrons. The minimum Gasteiger partial charge on any atom is -0.496 e. The van der Waals surface area contributed by atoms with Crippen LogP contribution in [0, 0.1) is 6.92 Å². The second-order valence-electron chi connectivity index (χ2n) is 6.82. The van der Waals surface area contributed by atoms with E-state index in [1.165, 1.54) is 7.11 Å². The van der Waals surface area contributed by atoms with Crippen molar-refractivity contribution in [2.75, 3.05) is 14.2 Å². The van der Waals surface area contributed by atoms with Crippen LogP contribution in [0.25, 0.3) is 0 Å². The molecule has 0 aromatic heterocycles. The molecular formula is C21H22N2O5. The van der Waals surface area contributed by atoms with E-state index in [0.29, 0.717) is 22.4 Å². The van der Waals surface area contributed by atoms with E-state index >= 15 is 0 Å². The summed E-state index contributed by atoms with van der Waals surface area (Å²) in [5, 5.41) is 2.78. The Balaban J connectivity index is 1.87. The Morgan fingerprint density at radius 1 is 1.14 bits per heavy atom. The number of imide groups is 1. The van der Waals surface area contributed by atoms with Crippen LogP contribution in [-0.4, -0.2) is 37.0 Å². The molecule has 1 aliphatic heterocycles. The van der Waals surface area contributed by atoms with Crippen LogP contribution >= 0.6 is 0 Å². The fourth-order valence-corrected chi connectivity index (χ4v) is 3.32. The lowest BCUT2D eigenvalue weighted by Gasteiger charge is -2.23. The van der Waals surface area contributed by atoms with Gasteiger partial charge in [-0.15, -0.1) is 0 Å². The van der Waals surface area contributed by atoms with E-state index in [2.05, 4.69) is 5.32 Å². The Hall–Kier alpha value is -3.35. The zero-order chi connectivity index (χ0) is 20.5. The molecule has 1 aliphatic rings. The summed E-state index contributed by atoms with van der Waals surface area (Å²) in [7, 11) is 2.88. The maximum atomic E-state index is 13.1. The Morgan fingerprint density at radius 3 is 2.54 bits per heavy atom. The van der Waals surface area contributed by atoms with Gasteiger partial charge >= 0.3 is 12.0 Å². The quantitative estimate of drug-likeness (QED) is 0.635. The first-order chi connectivity index (χ1) is 13.3. The molecule has 3 amide bonds. The van der Waals surface area contributed by atoms with Crippen LogP contribution < -0.4 is 10.1 Å². The number of ether oxygens (including phenoxy) is 2. The van der Waals surface area contributed by atoms with Gasteiger partial charge in [0, 0.05) is 0 Å². The third-order valence-electron chi connectivity index (χ3n) is 4.94. The molecule has 2 aromatic carbocycles. The van der Waals surface area contributed by atoms with Gasteiger partial charge in [-0.05, 0) is 54.8 Å². The monoisotopic (exact) mass is 382 g/mol. The van der Waals surface area contributed by atoms with Gasteiger partial charge in [0.15, 0.2) is 0 Å². The molecule has 1 saturated heterocycles. The van der Waals surface area contributed by atoms with Crippen molar-refractivity contribution in [1.82, 2.24) is 10.2 Å². The van der Waals surface area contributed by atoms with E-state index in [1.807, 2.05) is 13.0 Å². The fraction of sp³-hybridized carbons (Fsp3) is 0.286. The summed E-state index contributed by atoms with van der Waals surface area (Å²) in [5.74, 6) is -0.122. The van der Waals surface area contributed by atoms with E-state index < -0.39 is 17.5 Å². The normalized spacial score (nSPS) is 18.8. The standard InChI is InChI=1S/C21H22N2O5/c1-13-10-16(8-9-17(13)27-3)21(2)19(25)23(20(26)22-21)12-14-6-5-7-15(11-14)18(24)28-4/h5-11H,12H2,1-4H3,(H,22,26). The van der Waals surface area contributed by atoms with Crippen LogP contribution in [0.4, 0.5) is 4.79 Å². The van der Waals surface area contributed by atoms with E-state index in [0.717, 1.165) is 10.5 Å². The highest BCUT2D eigenvalue weighted by Gasteiger charge is 2.49. The van der Waals surface area contributed by atoms with Crippen LogP contribution in [-0.2, 0) is 21.6 Å². The average molecular weight is 382 g/mol. The number of esters is 1. The van der Waals surface area contributed by atoms with Gasteiger partial charge in [0.25, 0.3) is 5.91 Å². The molecular weight excluding hydrogens is 360 g/mol. The number of nitrogens with zero attached hydrogens (tertiary/aromatic N) is 1. The molecule has 3 rings (SSSR count). The Morgan fingerprint density at radius 2 is 1.89 bits per heavy atom. The molecule has 2 aromatic rings. The number of carbonyl (C=O) groups is 3. The Bertz CT molecular complexity index is 956. The lowest BCUT2D eigenvalue weighted by molar-refractivity contribution is -0.131. The molecule has 1 heterocycles. The van der Waals surface area contributed by atoms with Crippen molar-refractivity contribution in [3.63, 3.8) is 0 Å².